The topological polar surface area (TPSA) is 41.4 Å². The predicted molar refractivity (Wildman–Crippen MR) is 104 cm³/mol. The Kier molecular flexibility index (Phi) is 5.95. The minimum absolute atomic E-state index is 0.00496. The van der Waals surface area contributed by atoms with Crippen LogP contribution >= 0.6 is 0 Å². The number of piperidine rings is 1. The van der Waals surface area contributed by atoms with Crippen molar-refractivity contribution in [1.82, 2.24) is 19.6 Å². The maximum absolute atomic E-state index is 14.0. The number of aryl methyl sites for hydroxylation is 1. The van der Waals surface area contributed by atoms with Gasteiger partial charge in [0, 0.05) is 38.8 Å². The lowest BCUT2D eigenvalue weighted by atomic mass is 10.0. The second-order valence-electron chi connectivity index (χ2n) is 7.77. The van der Waals surface area contributed by atoms with Crippen molar-refractivity contribution < 1.29 is 9.18 Å². The predicted octanol–water partition coefficient (Wildman–Crippen LogP) is 3.42. The van der Waals surface area contributed by atoms with Crippen LogP contribution in [0.3, 0.4) is 0 Å². The second kappa shape index (κ2) is 8.21. The zero-order chi connectivity index (χ0) is 19.6. The van der Waals surface area contributed by atoms with E-state index in [2.05, 4.69) is 23.8 Å². The van der Waals surface area contributed by atoms with Gasteiger partial charge in [-0.2, -0.15) is 5.10 Å². The summed E-state index contributed by atoms with van der Waals surface area (Å²) in [7, 11) is 3.68. The van der Waals surface area contributed by atoms with E-state index in [4.69, 9.17) is 0 Å². The van der Waals surface area contributed by atoms with E-state index in [9.17, 15) is 9.18 Å². The van der Waals surface area contributed by atoms with Gasteiger partial charge in [0.15, 0.2) is 0 Å². The third kappa shape index (κ3) is 4.38. The van der Waals surface area contributed by atoms with Crippen molar-refractivity contribution in [1.29, 1.82) is 0 Å². The van der Waals surface area contributed by atoms with Crippen molar-refractivity contribution in [2.75, 3.05) is 20.1 Å². The average Bonchev–Trinajstić information content (AvgIpc) is 3.05. The van der Waals surface area contributed by atoms with Crippen molar-refractivity contribution in [3.05, 3.63) is 53.1 Å². The number of carbonyl (C=O) groups is 1. The summed E-state index contributed by atoms with van der Waals surface area (Å²) < 4.78 is 15.6. The highest BCUT2D eigenvalue weighted by atomic mass is 19.1. The Labute approximate surface area is 160 Å². The van der Waals surface area contributed by atoms with E-state index in [0.29, 0.717) is 17.8 Å². The van der Waals surface area contributed by atoms with E-state index >= 15 is 0 Å². The molecule has 2 heterocycles. The molecule has 3 rings (SSSR count). The first kappa shape index (κ1) is 19.5. The summed E-state index contributed by atoms with van der Waals surface area (Å²) in [6.07, 6.45) is 1.96. The second-order valence-corrected chi connectivity index (χ2v) is 7.77. The van der Waals surface area contributed by atoms with Crippen molar-refractivity contribution in [2.24, 2.45) is 7.05 Å². The number of likely N-dealkylation sites (N-methyl/N-ethyl adjacent to an activating group) is 1. The molecule has 0 bridgehead atoms. The Balaban J connectivity index is 1.68. The molecule has 1 amide bonds. The lowest BCUT2D eigenvalue weighted by Gasteiger charge is -2.37. The van der Waals surface area contributed by atoms with Gasteiger partial charge in [-0.25, -0.2) is 4.39 Å². The van der Waals surface area contributed by atoms with Crippen LogP contribution in [0.25, 0.3) is 0 Å². The van der Waals surface area contributed by atoms with Gasteiger partial charge in [-0.05, 0) is 37.4 Å². The molecule has 0 spiro atoms. The summed E-state index contributed by atoms with van der Waals surface area (Å²) in [5.74, 6) is 0.115. The Hall–Kier alpha value is -2.21. The smallest absolute Gasteiger partial charge is 0.272 e. The first-order valence-electron chi connectivity index (χ1n) is 9.63. The third-order valence-corrected chi connectivity index (χ3v) is 5.41. The zero-order valence-corrected chi connectivity index (χ0v) is 16.7. The third-order valence-electron chi connectivity index (χ3n) is 5.41. The molecule has 0 unspecified atom stereocenters. The molecule has 27 heavy (non-hydrogen) atoms. The molecule has 1 saturated heterocycles. The van der Waals surface area contributed by atoms with Gasteiger partial charge in [-0.15, -0.1) is 0 Å². The molecule has 0 aliphatic carbocycles. The number of aromatic nitrogens is 2. The van der Waals surface area contributed by atoms with Crippen LogP contribution in [-0.2, 0) is 13.6 Å². The molecule has 146 valence electrons. The number of benzene rings is 1. The lowest BCUT2D eigenvalue weighted by molar-refractivity contribution is 0.0597. The molecule has 1 fully saturated rings. The fourth-order valence-corrected chi connectivity index (χ4v) is 3.68. The molecule has 6 heteroatoms. The summed E-state index contributed by atoms with van der Waals surface area (Å²) in [6, 6.07) is 8.92. The van der Waals surface area contributed by atoms with E-state index in [0.717, 1.165) is 31.6 Å². The molecule has 1 aliphatic heterocycles. The maximum atomic E-state index is 14.0. The minimum atomic E-state index is -0.167. The molecule has 1 aromatic carbocycles. The van der Waals surface area contributed by atoms with Gasteiger partial charge in [0.1, 0.15) is 11.5 Å². The van der Waals surface area contributed by atoms with Crippen LogP contribution in [0.1, 0.15) is 54.4 Å². The average molecular weight is 372 g/mol. The maximum Gasteiger partial charge on any atom is 0.272 e. The van der Waals surface area contributed by atoms with E-state index in [-0.39, 0.29) is 23.7 Å². The summed E-state index contributed by atoms with van der Waals surface area (Å²) in [4.78, 5) is 17.1. The van der Waals surface area contributed by atoms with Crippen molar-refractivity contribution in [3.8, 4) is 0 Å². The normalized spacial score (nSPS) is 18.1. The molecule has 1 aromatic heterocycles. The van der Waals surface area contributed by atoms with Crippen LogP contribution in [0.5, 0.6) is 0 Å². The number of amides is 1. The van der Waals surface area contributed by atoms with Crippen molar-refractivity contribution >= 4 is 5.91 Å². The quantitative estimate of drug-likeness (QED) is 0.808. The number of nitrogens with zero attached hydrogens (tertiary/aromatic N) is 4. The molecule has 1 atom stereocenters. The van der Waals surface area contributed by atoms with Crippen LogP contribution in [0.4, 0.5) is 4.39 Å². The van der Waals surface area contributed by atoms with Gasteiger partial charge >= 0.3 is 0 Å². The highest BCUT2D eigenvalue weighted by Crippen LogP contribution is 2.21. The van der Waals surface area contributed by atoms with Crippen LogP contribution in [0.15, 0.2) is 30.3 Å². The van der Waals surface area contributed by atoms with Gasteiger partial charge in [0.2, 0.25) is 0 Å². The standard InChI is InChI=1S/C21H29FN4O/c1-15(2)19-12-20(25(4)23-19)21(27)24(3)17-9-7-11-26(14-17)13-16-8-5-6-10-18(16)22/h5-6,8,10,12,15,17H,7,9,11,13-14H2,1-4H3/t17-/m0/s1. The molecule has 2 aromatic rings. The summed E-state index contributed by atoms with van der Waals surface area (Å²) in [6.45, 7) is 6.40. The molecule has 0 saturated carbocycles. The van der Waals surface area contributed by atoms with E-state index in [1.165, 1.54) is 6.07 Å². The van der Waals surface area contributed by atoms with Crippen molar-refractivity contribution in [2.45, 2.75) is 45.2 Å². The fraction of sp³-hybridized carbons (Fsp3) is 0.524. The van der Waals surface area contributed by atoms with Gasteiger partial charge in [-0.1, -0.05) is 32.0 Å². The first-order valence-corrected chi connectivity index (χ1v) is 9.63. The Bertz CT molecular complexity index is 801. The SMILES string of the molecule is CC(C)c1cc(C(=O)N(C)[C@H]2CCCN(Cc3ccccc3F)C2)n(C)n1. The van der Waals surface area contributed by atoms with Crippen LogP contribution in [0, 0.1) is 5.82 Å². The summed E-state index contributed by atoms with van der Waals surface area (Å²) in [5, 5.41) is 4.46. The van der Waals surface area contributed by atoms with Gasteiger partial charge < -0.3 is 4.90 Å². The van der Waals surface area contributed by atoms with Crippen LogP contribution in [-0.4, -0.2) is 51.7 Å². The molecule has 0 radical (unpaired) electrons. The fourth-order valence-electron chi connectivity index (χ4n) is 3.68. The first-order chi connectivity index (χ1) is 12.9. The minimum Gasteiger partial charge on any atom is -0.336 e. The van der Waals surface area contributed by atoms with E-state index in [1.54, 1.807) is 10.7 Å². The summed E-state index contributed by atoms with van der Waals surface area (Å²) in [5.41, 5.74) is 2.26. The highest BCUT2D eigenvalue weighted by Gasteiger charge is 2.28. The van der Waals surface area contributed by atoms with Gasteiger partial charge in [0.25, 0.3) is 5.91 Å². The zero-order valence-electron chi connectivity index (χ0n) is 16.7. The van der Waals surface area contributed by atoms with E-state index in [1.807, 2.05) is 37.2 Å². The lowest BCUT2D eigenvalue weighted by Crippen LogP contribution is -2.48. The Morgan fingerprint density at radius 3 is 2.78 bits per heavy atom. The molecular weight excluding hydrogens is 343 g/mol. The van der Waals surface area contributed by atoms with Crippen LogP contribution in [0.2, 0.25) is 0 Å². The number of likely N-dealkylation sites (tertiary alicyclic amines) is 1. The molecule has 0 N–H and O–H groups in total. The summed E-state index contributed by atoms with van der Waals surface area (Å²) >= 11 is 0. The monoisotopic (exact) mass is 372 g/mol. The molecular formula is C21H29FN4O. The molecule has 1 aliphatic rings. The number of hydrogen-bond acceptors (Lipinski definition) is 3. The van der Waals surface area contributed by atoms with Gasteiger partial charge in [0.05, 0.1) is 5.69 Å². The Morgan fingerprint density at radius 1 is 1.37 bits per heavy atom. The number of hydrogen-bond donors (Lipinski definition) is 0. The Morgan fingerprint density at radius 2 is 2.11 bits per heavy atom. The van der Waals surface area contributed by atoms with E-state index < -0.39 is 0 Å². The number of halogens is 1. The molecule has 5 nitrogen and oxygen atoms in total. The van der Waals surface area contributed by atoms with Crippen molar-refractivity contribution in [3.63, 3.8) is 0 Å². The highest BCUT2D eigenvalue weighted by molar-refractivity contribution is 5.92. The largest absolute Gasteiger partial charge is 0.336 e. The number of rotatable bonds is 5. The van der Waals surface area contributed by atoms with Gasteiger partial charge in [-0.3, -0.25) is 14.4 Å². The van der Waals surface area contributed by atoms with Crippen LogP contribution < -0.4 is 0 Å². The number of carbonyl (C=O) groups excluding carboxylic acids is 1.